The first kappa shape index (κ1) is 10.8. The van der Waals surface area contributed by atoms with Crippen LogP contribution in [-0.2, 0) is 6.54 Å². The Kier molecular flexibility index (Phi) is 3.52. The smallest absolute Gasteiger partial charge is 0.0638 e. The van der Waals surface area contributed by atoms with Gasteiger partial charge in [-0.15, -0.1) is 0 Å². The second-order valence-corrected chi connectivity index (χ2v) is 4.73. The minimum absolute atomic E-state index is 0.687. The predicted molar refractivity (Wildman–Crippen MR) is 68.1 cm³/mol. The molecule has 0 aliphatic rings. The Balaban J connectivity index is 2.07. The number of anilines is 1. The molecule has 0 bridgehead atoms. The van der Waals surface area contributed by atoms with Gasteiger partial charge >= 0.3 is 0 Å². The van der Waals surface area contributed by atoms with Crippen LogP contribution in [0.15, 0.2) is 35.0 Å². The van der Waals surface area contributed by atoms with Gasteiger partial charge in [0.25, 0.3) is 0 Å². The second kappa shape index (κ2) is 4.88. The van der Waals surface area contributed by atoms with Crippen LogP contribution in [0, 0.1) is 0 Å². The van der Waals surface area contributed by atoms with Crippen LogP contribution in [0.3, 0.4) is 0 Å². The van der Waals surface area contributed by atoms with Crippen molar-refractivity contribution in [2.75, 3.05) is 5.32 Å². The fourth-order valence-electron chi connectivity index (χ4n) is 1.22. The molecule has 0 saturated heterocycles. The summed E-state index contributed by atoms with van der Waals surface area (Å²) >= 11 is 13.6. The first-order valence-electron chi connectivity index (χ1n) is 4.46. The molecule has 2 aromatic rings. The Bertz CT molecular complexity index is 440. The van der Waals surface area contributed by atoms with Crippen LogP contribution in [0.4, 0.5) is 5.69 Å². The molecule has 2 rings (SSSR count). The lowest BCUT2D eigenvalue weighted by molar-refractivity contribution is 1.16. The summed E-state index contributed by atoms with van der Waals surface area (Å²) in [5.41, 5.74) is 2.12. The van der Waals surface area contributed by atoms with E-state index in [9.17, 15) is 0 Å². The number of hydrogen-bond acceptors (Lipinski definition) is 2. The molecule has 15 heavy (non-hydrogen) atoms. The van der Waals surface area contributed by atoms with Crippen LogP contribution < -0.4 is 5.32 Å². The minimum Gasteiger partial charge on any atom is -0.380 e. The fourth-order valence-corrected chi connectivity index (χ4v) is 2.25. The Morgan fingerprint density at radius 1 is 1.20 bits per heavy atom. The highest BCUT2D eigenvalue weighted by molar-refractivity contribution is 7.07. The first-order valence-corrected chi connectivity index (χ1v) is 6.15. The molecule has 1 aromatic heterocycles. The number of rotatable bonds is 3. The van der Waals surface area contributed by atoms with Gasteiger partial charge in [-0.25, -0.2) is 0 Å². The normalized spacial score (nSPS) is 10.3. The van der Waals surface area contributed by atoms with Crippen molar-refractivity contribution in [1.29, 1.82) is 0 Å². The van der Waals surface area contributed by atoms with Crippen molar-refractivity contribution in [3.8, 4) is 0 Å². The maximum Gasteiger partial charge on any atom is 0.0638 e. The van der Waals surface area contributed by atoms with Crippen LogP contribution in [0.25, 0.3) is 0 Å². The number of nitrogens with one attached hydrogen (secondary N) is 1. The third-order valence-electron chi connectivity index (χ3n) is 1.99. The predicted octanol–water partition coefficient (Wildman–Crippen LogP) is 4.67. The molecule has 0 aliphatic carbocycles. The van der Waals surface area contributed by atoms with Gasteiger partial charge in [-0.2, -0.15) is 11.3 Å². The highest BCUT2D eigenvalue weighted by Gasteiger charge is 2.00. The molecule has 1 aromatic carbocycles. The Morgan fingerprint density at radius 3 is 2.80 bits per heavy atom. The quantitative estimate of drug-likeness (QED) is 0.843. The third kappa shape index (κ3) is 2.88. The van der Waals surface area contributed by atoms with Crippen molar-refractivity contribution in [3.05, 3.63) is 50.6 Å². The van der Waals surface area contributed by atoms with E-state index < -0.39 is 0 Å². The topological polar surface area (TPSA) is 12.0 Å². The molecule has 0 aliphatic heterocycles. The molecule has 1 N–H and O–H groups in total. The Morgan fingerprint density at radius 2 is 2.07 bits per heavy atom. The molecule has 78 valence electrons. The maximum atomic E-state index is 6.02. The molecule has 0 amide bonds. The molecule has 0 radical (unpaired) electrons. The van der Waals surface area contributed by atoms with Crippen LogP contribution in [0.2, 0.25) is 10.0 Å². The van der Waals surface area contributed by atoms with E-state index in [0.717, 1.165) is 12.2 Å². The molecule has 1 heterocycles. The van der Waals surface area contributed by atoms with Gasteiger partial charge in [0.05, 0.1) is 10.7 Å². The molecule has 0 fully saturated rings. The molecule has 0 spiro atoms. The average Bonchev–Trinajstić information content (AvgIpc) is 2.72. The lowest BCUT2D eigenvalue weighted by atomic mass is 10.3. The van der Waals surface area contributed by atoms with Crippen LogP contribution >= 0.6 is 34.5 Å². The summed E-state index contributed by atoms with van der Waals surface area (Å²) in [6, 6.07) is 7.48. The second-order valence-electron chi connectivity index (χ2n) is 3.11. The summed E-state index contributed by atoms with van der Waals surface area (Å²) in [6.07, 6.45) is 0. The van der Waals surface area contributed by atoms with E-state index in [0.29, 0.717) is 10.0 Å². The van der Waals surface area contributed by atoms with E-state index in [1.165, 1.54) is 5.56 Å². The lowest BCUT2D eigenvalue weighted by Crippen LogP contribution is -1.98. The highest BCUT2D eigenvalue weighted by atomic mass is 35.5. The lowest BCUT2D eigenvalue weighted by Gasteiger charge is -2.07. The van der Waals surface area contributed by atoms with Crippen molar-refractivity contribution < 1.29 is 0 Å². The number of thiophene rings is 1. The van der Waals surface area contributed by atoms with Gasteiger partial charge in [0.15, 0.2) is 0 Å². The fraction of sp³-hybridized carbons (Fsp3) is 0.0909. The summed E-state index contributed by atoms with van der Waals surface area (Å²) < 4.78 is 0. The van der Waals surface area contributed by atoms with Crippen molar-refractivity contribution in [2.24, 2.45) is 0 Å². The van der Waals surface area contributed by atoms with E-state index in [4.69, 9.17) is 23.2 Å². The summed E-state index contributed by atoms with van der Waals surface area (Å²) in [7, 11) is 0. The van der Waals surface area contributed by atoms with E-state index in [-0.39, 0.29) is 0 Å². The van der Waals surface area contributed by atoms with E-state index in [1.807, 2.05) is 6.07 Å². The Hall–Kier alpha value is -0.700. The molecule has 0 atom stereocenters. The largest absolute Gasteiger partial charge is 0.380 e. The van der Waals surface area contributed by atoms with Gasteiger partial charge in [-0.05, 0) is 40.6 Å². The van der Waals surface area contributed by atoms with E-state index >= 15 is 0 Å². The minimum atomic E-state index is 0.687. The molecule has 1 nitrogen and oxygen atoms in total. The SMILES string of the molecule is Clc1ccc(Cl)c(NCc2ccsc2)c1. The molecular weight excluding hydrogens is 249 g/mol. The van der Waals surface area contributed by atoms with Crippen LogP contribution in [-0.4, -0.2) is 0 Å². The van der Waals surface area contributed by atoms with Gasteiger partial charge in [0, 0.05) is 11.6 Å². The molecule has 4 heteroatoms. The van der Waals surface area contributed by atoms with Gasteiger partial charge in [-0.1, -0.05) is 23.2 Å². The summed E-state index contributed by atoms with van der Waals surface area (Å²) in [5, 5.41) is 8.78. The zero-order valence-corrected chi connectivity index (χ0v) is 10.2. The van der Waals surface area contributed by atoms with Crippen LogP contribution in [0.5, 0.6) is 0 Å². The zero-order valence-electron chi connectivity index (χ0n) is 7.84. The standard InChI is InChI=1S/C11H9Cl2NS/c12-9-1-2-10(13)11(5-9)14-6-8-3-4-15-7-8/h1-5,7,14H,6H2. The number of hydrogen-bond donors (Lipinski definition) is 1. The molecular formula is C11H9Cl2NS. The highest BCUT2D eigenvalue weighted by Crippen LogP contribution is 2.25. The molecule has 0 saturated carbocycles. The maximum absolute atomic E-state index is 6.02. The summed E-state index contributed by atoms with van der Waals surface area (Å²) in [5.74, 6) is 0. The number of benzene rings is 1. The van der Waals surface area contributed by atoms with Gasteiger partial charge < -0.3 is 5.32 Å². The van der Waals surface area contributed by atoms with Crippen molar-refractivity contribution in [3.63, 3.8) is 0 Å². The zero-order chi connectivity index (χ0) is 10.7. The third-order valence-corrected chi connectivity index (χ3v) is 3.29. The monoisotopic (exact) mass is 257 g/mol. The summed E-state index contributed by atoms with van der Waals surface area (Å²) in [4.78, 5) is 0. The Labute approximate surface area is 103 Å². The first-order chi connectivity index (χ1) is 7.25. The summed E-state index contributed by atoms with van der Waals surface area (Å²) in [6.45, 7) is 0.767. The molecule has 0 unspecified atom stereocenters. The van der Waals surface area contributed by atoms with E-state index in [1.54, 1.807) is 23.5 Å². The average molecular weight is 258 g/mol. The van der Waals surface area contributed by atoms with Crippen molar-refractivity contribution in [1.82, 2.24) is 0 Å². The number of halogens is 2. The van der Waals surface area contributed by atoms with Gasteiger partial charge in [0.2, 0.25) is 0 Å². The van der Waals surface area contributed by atoms with E-state index in [2.05, 4.69) is 22.1 Å². The van der Waals surface area contributed by atoms with Gasteiger partial charge in [-0.3, -0.25) is 0 Å². The van der Waals surface area contributed by atoms with Gasteiger partial charge in [0.1, 0.15) is 0 Å². The van der Waals surface area contributed by atoms with Crippen LogP contribution in [0.1, 0.15) is 5.56 Å². The van der Waals surface area contributed by atoms with Crippen molar-refractivity contribution in [2.45, 2.75) is 6.54 Å². The van der Waals surface area contributed by atoms with Crippen molar-refractivity contribution >= 4 is 40.2 Å².